The Morgan fingerprint density at radius 2 is 1.94 bits per heavy atom. The second kappa shape index (κ2) is 11.0. The molecule has 0 atom stereocenters. The molecule has 1 heterocycles. The number of ether oxygens (including phenoxy) is 1. The largest absolute Gasteiger partial charge is 0.495 e. The number of benzene rings is 2. The number of hydrogen-bond donors (Lipinski definition) is 2. The van der Waals surface area contributed by atoms with E-state index >= 15 is 0 Å². The molecular formula is C21H21ClFN5O3S. The van der Waals surface area contributed by atoms with E-state index in [1.807, 2.05) is 0 Å². The molecule has 11 heteroatoms. The van der Waals surface area contributed by atoms with Gasteiger partial charge in [0, 0.05) is 30.6 Å². The number of methoxy groups -OCH3 is 1. The number of nitrogens with zero attached hydrogens (tertiary/aromatic N) is 3. The van der Waals surface area contributed by atoms with E-state index in [4.69, 9.17) is 16.3 Å². The lowest BCUT2D eigenvalue weighted by Crippen LogP contribution is -2.26. The topological polar surface area (TPSA) is 98.1 Å². The minimum atomic E-state index is -0.397. The molecule has 8 nitrogen and oxygen atoms in total. The molecule has 0 fully saturated rings. The van der Waals surface area contributed by atoms with Crippen LogP contribution in [0.1, 0.15) is 16.2 Å². The normalized spacial score (nSPS) is 10.6. The predicted octanol–water partition coefficient (Wildman–Crippen LogP) is 3.32. The maximum Gasteiger partial charge on any atom is 0.251 e. The van der Waals surface area contributed by atoms with Gasteiger partial charge in [0.05, 0.1) is 18.6 Å². The van der Waals surface area contributed by atoms with Crippen LogP contribution in [0.25, 0.3) is 0 Å². The van der Waals surface area contributed by atoms with Crippen LogP contribution in [-0.4, -0.2) is 46.0 Å². The van der Waals surface area contributed by atoms with Crippen molar-refractivity contribution in [1.82, 2.24) is 20.1 Å². The highest BCUT2D eigenvalue weighted by molar-refractivity contribution is 7.99. The van der Waals surface area contributed by atoms with Gasteiger partial charge in [0.2, 0.25) is 5.91 Å². The smallest absolute Gasteiger partial charge is 0.251 e. The van der Waals surface area contributed by atoms with E-state index in [2.05, 4.69) is 20.8 Å². The van der Waals surface area contributed by atoms with Gasteiger partial charge in [-0.15, -0.1) is 10.2 Å². The molecule has 0 bridgehead atoms. The Morgan fingerprint density at radius 1 is 1.19 bits per heavy atom. The standard InChI is InChI=1S/C21H21ClFN5O3S/c1-28-18(9-10-24-20(30)13-3-6-15(23)7-4-13)26-27-21(28)32-12-19(29)25-16-11-14(22)5-8-17(16)31-2/h3-8,11H,9-10,12H2,1-2H3,(H,24,30)(H,25,29). The van der Waals surface area contributed by atoms with E-state index in [9.17, 15) is 14.0 Å². The summed E-state index contributed by atoms with van der Waals surface area (Å²) in [6.07, 6.45) is 0.447. The van der Waals surface area contributed by atoms with E-state index in [0.717, 1.165) is 0 Å². The first-order chi connectivity index (χ1) is 15.4. The first kappa shape index (κ1) is 23.6. The summed E-state index contributed by atoms with van der Waals surface area (Å²) in [5.41, 5.74) is 0.865. The molecule has 0 aliphatic rings. The fourth-order valence-corrected chi connectivity index (χ4v) is 3.68. The van der Waals surface area contributed by atoms with Gasteiger partial charge in [-0.2, -0.15) is 0 Å². The summed E-state index contributed by atoms with van der Waals surface area (Å²) < 4.78 is 19.9. The van der Waals surface area contributed by atoms with Crippen LogP contribution < -0.4 is 15.4 Å². The van der Waals surface area contributed by atoms with Crippen molar-refractivity contribution in [2.24, 2.45) is 7.05 Å². The third-order valence-corrected chi connectivity index (χ3v) is 5.69. The first-order valence-electron chi connectivity index (χ1n) is 9.55. The second-order valence-corrected chi connectivity index (χ2v) is 8.03. The number of rotatable bonds is 9. The molecule has 32 heavy (non-hydrogen) atoms. The van der Waals surface area contributed by atoms with Crippen LogP contribution >= 0.6 is 23.4 Å². The van der Waals surface area contributed by atoms with Crippen LogP contribution in [0.15, 0.2) is 47.6 Å². The number of hydrogen-bond acceptors (Lipinski definition) is 6. The lowest BCUT2D eigenvalue weighted by molar-refractivity contribution is -0.113. The number of amides is 2. The van der Waals surface area contributed by atoms with Gasteiger partial charge in [-0.1, -0.05) is 23.4 Å². The number of nitrogens with one attached hydrogen (secondary N) is 2. The van der Waals surface area contributed by atoms with Crippen LogP contribution in [0.5, 0.6) is 5.75 Å². The molecule has 2 N–H and O–H groups in total. The third-order valence-electron chi connectivity index (χ3n) is 4.43. The minimum Gasteiger partial charge on any atom is -0.495 e. The van der Waals surface area contributed by atoms with E-state index in [0.29, 0.717) is 46.0 Å². The Kier molecular flexibility index (Phi) is 8.07. The van der Waals surface area contributed by atoms with Crippen molar-refractivity contribution in [3.8, 4) is 5.75 Å². The molecule has 0 unspecified atom stereocenters. The molecule has 168 valence electrons. The number of anilines is 1. The van der Waals surface area contributed by atoms with Gasteiger partial charge in [-0.3, -0.25) is 9.59 Å². The molecule has 3 aromatic rings. The van der Waals surface area contributed by atoms with Gasteiger partial charge < -0.3 is 19.9 Å². The summed E-state index contributed by atoms with van der Waals surface area (Å²) in [6, 6.07) is 10.3. The average Bonchev–Trinajstić information content (AvgIpc) is 3.12. The Balaban J connectivity index is 1.49. The highest BCUT2D eigenvalue weighted by Gasteiger charge is 2.14. The van der Waals surface area contributed by atoms with Gasteiger partial charge in [-0.25, -0.2) is 4.39 Å². The lowest BCUT2D eigenvalue weighted by Gasteiger charge is -2.10. The highest BCUT2D eigenvalue weighted by Crippen LogP contribution is 2.28. The SMILES string of the molecule is COc1ccc(Cl)cc1NC(=O)CSc1nnc(CCNC(=O)c2ccc(F)cc2)n1C. The zero-order valence-corrected chi connectivity index (χ0v) is 19.0. The highest BCUT2D eigenvalue weighted by atomic mass is 35.5. The summed E-state index contributed by atoms with van der Waals surface area (Å²) in [6.45, 7) is 0.335. The van der Waals surface area contributed by atoms with Crippen molar-refractivity contribution in [1.29, 1.82) is 0 Å². The molecule has 0 radical (unpaired) electrons. The molecule has 1 aromatic heterocycles. The maximum atomic E-state index is 13.0. The molecular weight excluding hydrogens is 457 g/mol. The van der Waals surface area contributed by atoms with E-state index in [1.165, 1.54) is 43.1 Å². The molecule has 0 spiro atoms. The van der Waals surface area contributed by atoms with Crippen molar-refractivity contribution in [3.63, 3.8) is 0 Å². The van der Waals surface area contributed by atoms with Gasteiger partial charge in [0.1, 0.15) is 17.4 Å². The van der Waals surface area contributed by atoms with E-state index in [-0.39, 0.29) is 17.6 Å². The van der Waals surface area contributed by atoms with E-state index in [1.54, 1.807) is 29.8 Å². The van der Waals surface area contributed by atoms with Crippen LogP contribution in [-0.2, 0) is 18.3 Å². The molecule has 0 saturated heterocycles. The Bertz CT molecular complexity index is 1110. The summed E-state index contributed by atoms with van der Waals surface area (Å²) in [5.74, 6) is 0.343. The number of aromatic nitrogens is 3. The Morgan fingerprint density at radius 3 is 2.66 bits per heavy atom. The fourth-order valence-electron chi connectivity index (χ4n) is 2.77. The number of halogens is 2. The van der Waals surface area contributed by atoms with Crippen LogP contribution in [0, 0.1) is 5.82 Å². The third kappa shape index (κ3) is 6.21. The van der Waals surface area contributed by atoms with Crippen LogP contribution in [0.3, 0.4) is 0 Å². The van der Waals surface area contributed by atoms with Gasteiger partial charge in [-0.05, 0) is 42.5 Å². The predicted molar refractivity (Wildman–Crippen MR) is 121 cm³/mol. The van der Waals surface area contributed by atoms with Crippen LogP contribution in [0.4, 0.5) is 10.1 Å². The molecule has 2 aromatic carbocycles. The zero-order chi connectivity index (χ0) is 23.1. The first-order valence-corrected chi connectivity index (χ1v) is 10.9. The molecule has 3 rings (SSSR count). The molecule has 0 aliphatic carbocycles. The van der Waals surface area contributed by atoms with Gasteiger partial charge >= 0.3 is 0 Å². The van der Waals surface area contributed by atoms with Crippen molar-refractivity contribution in [2.45, 2.75) is 11.6 Å². The fraction of sp³-hybridized carbons (Fsp3) is 0.238. The van der Waals surface area contributed by atoms with Crippen LogP contribution in [0.2, 0.25) is 5.02 Å². The Labute approximate surface area is 193 Å². The number of carbonyl (C=O) groups excluding carboxylic acids is 2. The summed E-state index contributed by atoms with van der Waals surface area (Å²) >= 11 is 7.21. The number of carbonyl (C=O) groups is 2. The van der Waals surface area contributed by atoms with Crippen molar-refractivity contribution < 1.29 is 18.7 Å². The molecule has 0 aliphatic heterocycles. The van der Waals surface area contributed by atoms with Gasteiger partial charge in [0.25, 0.3) is 5.91 Å². The van der Waals surface area contributed by atoms with E-state index < -0.39 is 5.82 Å². The molecule has 2 amide bonds. The minimum absolute atomic E-state index is 0.114. The Hall–Kier alpha value is -3.11. The number of thioether (sulfide) groups is 1. The molecule has 0 saturated carbocycles. The summed E-state index contributed by atoms with van der Waals surface area (Å²) in [4.78, 5) is 24.4. The van der Waals surface area contributed by atoms with Crippen molar-refractivity contribution in [3.05, 3.63) is 64.7 Å². The quantitative estimate of drug-likeness (QED) is 0.459. The van der Waals surface area contributed by atoms with Gasteiger partial charge in [0.15, 0.2) is 5.16 Å². The summed E-state index contributed by atoms with van der Waals surface area (Å²) in [5, 5.41) is 14.8. The van der Waals surface area contributed by atoms with Crippen molar-refractivity contribution in [2.75, 3.05) is 24.7 Å². The average molecular weight is 478 g/mol. The second-order valence-electron chi connectivity index (χ2n) is 6.65. The maximum absolute atomic E-state index is 13.0. The zero-order valence-electron chi connectivity index (χ0n) is 17.4. The summed E-state index contributed by atoms with van der Waals surface area (Å²) in [7, 11) is 3.30. The van der Waals surface area contributed by atoms with Crippen molar-refractivity contribution >= 4 is 40.9 Å². The monoisotopic (exact) mass is 477 g/mol. The lowest BCUT2D eigenvalue weighted by atomic mass is 10.2.